The van der Waals surface area contributed by atoms with Crippen LogP contribution < -0.4 is 0 Å². The molecule has 0 bridgehead atoms. The summed E-state index contributed by atoms with van der Waals surface area (Å²) >= 11 is 0. The molecule has 0 saturated carbocycles. The molecule has 0 radical (unpaired) electrons. The van der Waals surface area contributed by atoms with Gasteiger partial charge in [-0.3, -0.25) is 4.79 Å². The summed E-state index contributed by atoms with van der Waals surface area (Å²) in [5.41, 5.74) is 0. The van der Waals surface area contributed by atoms with E-state index in [2.05, 4.69) is 14.2 Å². The molecule has 0 aromatic carbocycles. The Hall–Kier alpha value is -1.26. The van der Waals surface area contributed by atoms with E-state index in [-0.39, 0.29) is 13.1 Å². The topological polar surface area (TPSA) is 61.8 Å². The van der Waals surface area contributed by atoms with Crippen molar-refractivity contribution < 1.29 is 23.8 Å². The normalized spacial score (nSPS) is 8.10. The Kier molecular flexibility index (Phi) is 5.13. The van der Waals surface area contributed by atoms with Crippen LogP contribution in [0.15, 0.2) is 0 Å². The van der Waals surface area contributed by atoms with Crippen LogP contribution >= 0.6 is 0 Å². The van der Waals surface area contributed by atoms with Crippen LogP contribution in [-0.2, 0) is 19.0 Å². The molecule has 0 heterocycles. The highest BCUT2D eigenvalue weighted by atomic mass is 16.8. The van der Waals surface area contributed by atoms with Crippen molar-refractivity contribution in [2.75, 3.05) is 13.4 Å². The maximum absolute atomic E-state index is 10.3. The zero-order valence-electron chi connectivity index (χ0n) is 5.53. The third-order valence-corrected chi connectivity index (χ3v) is 0.575. The largest absolute Gasteiger partial charge is 0.511 e. The SMILES string of the molecule is CCOC(=O)OCOC=O. The molecule has 0 aromatic heterocycles. The van der Waals surface area contributed by atoms with Crippen molar-refractivity contribution in [2.24, 2.45) is 0 Å². The molecule has 0 unspecified atom stereocenters. The fourth-order valence-electron chi connectivity index (χ4n) is 0.269. The molecule has 0 fully saturated rings. The lowest BCUT2D eigenvalue weighted by Crippen LogP contribution is -2.09. The molecule has 0 saturated heterocycles. The van der Waals surface area contributed by atoms with E-state index in [1.54, 1.807) is 6.92 Å². The predicted molar refractivity (Wildman–Crippen MR) is 30.1 cm³/mol. The van der Waals surface area contributed by atoms with Crippen LogP contribution in [0, 0.1) is 0 Å². The average Bonchev–Trinajstić information content (AvgIpc) is 1.89. The summed E-state index contributed by atoms with van der Waals surface area (Å²) in [6.07, 6.45) is -0.843. The van der Waals surface area contributed by atoms with E-state index < -0.39 is 12.9 Å². The first kappa shape index (κ1) is 8.74. The van der Waals surface area contributed by atoms with Gasteiger partial charge in [-0.2, -0.15) is 0 Å². The van der Waals surface area contributed by atoms with Crippen LogP contribution in [0.4, 0.5) is 4.79 Å². The summed E-state index contributed by atoms with van der Waals surface area (Å²) < 4.78 is 12.6. The van der Waals surface area contributed by atoms with Crippen molar-refractivity contribution in [3.05, 3.63) is 0 Å². The lowest BCUT2D eigenvalue weighted by Gasteiger charge is -2.00. The number of hydrogen-bond acceptors (Lipinski definition) is 5. The van der Waals surface area contributed by atoms with E-state index in [0.717, 1.165) is 0 Å². The minimum atomic E-state index is -0.843. The molecular weight excluding hydrogens is 140 g/mol. The van der Waals surface area contributed by atoms with Crippen molar-refractivity contribution in [3.63, 3.8) is 0 Å². The third-order valence-electron chi connectivity index (χ3n) is 0.575. The number of carbonyl (C=O) groups is 2. The Bertz CT molecular complexity index is 111. The van der Waals surface area contributed by atoms with Gasteiger partial charge < -0.3 is 14.2 Å². The number of rotatable bonds is 4. The molecule has 0 amide bonds. The maximum Gasteiger partial charge on any atom is 0.511 e. The van der Waals surface area contributed by atoms with Gasteiger partial charge in [0.05, 0.1) is 6.61 Å². The lowest BCUT2D eigenvalue weighted by molar-refractivity contribution is -0.137. The second-order valence-corrected chi connectivity index (χ2v) is 1.21. The fourth-order valence-corrected chi connectivity index (χ4v) is 0.269. The standard InChI is InChI=1S/C5H8O5/c1-2-9-5(7)10-4-8-3-6/h3H,2,4H2,1H3. The second-order valence-electron chi connectivity index (χ2n) is 1.21. The van der Waals surface area contributed by atoms with Gasteiger partial charge in [-0.05, 0) is 6.92 Å². The minimum Gasteiger partial charge on any atom is -0.435 e. The number of carbonyl (C=O) groups excluding carboxylic acids is 2. The smallest absolute Gasteiger partial charge is 0.435 e. The first-order valence-corrected chi connectivity index (χ1v) is 2.66. The van der Waals surface area contributed by atoms with Gasteiger partial charge in [0.2, 0.25) is 6.79 Å². The highest BCUT2D eigenvalue weighted by molar-refractivity contribution is 5.59. The molecule has 0 atom stereocenters. The van der Waals surface area contributed by atoms with Crippen LogP contribution in [0.2, 0.25) is 0 Å². The molecular formula is C5H8O5. The Morgan fingerprint density at radius 1 is 1.50 bits per heavy atom. The van der Waals surface area contributed by atoms with Gasteiger partial charge in [-0.25, -0.2) is 4.79 Å². The van der Waals surface area contributed by atoms with E-state index in [1.165, 1.54) is 0 Å². The van der Waals surface area contributed by atoms with Gasteiger partial charge in [0.25, 0.3) is 6.47 Å². The molecule has 0 N–H and O–H groups in total. The predicted octanol–water partition coefficient (Wildman–Crippen LogP) is 0.290. The minimum absolute atomic E-state index is 0.180. The van der Waals surface area contributed by atoms with Gasteiger partial charge >= 0.3 is 6.16 Å². The molecule has 0 spiro atoms. The highest BCUT2D eigenvalue weighted by Crippen LogP contribution is 1.83. The maximum atomic E-state index is 10.3. The first-order valence-electron chi connectivity index (χ1n) is 2.66. The summed E-state index contributed by atoms with van der Waals surface area (Å²) in [7, 11) is 0. The molecule has 10 heavy (non-hydrogen) atoms. The molecule has 5 heteroatoms. The van der Waals surface area contributed by atoms with Crippen LogP contribution in [0.5, 0.6) is 0 Å². The summed E-state index contributed by atoms with van der Waals surface area (Å²) in [5.74, 6) is 0. The molecule has 0 aliphatic heterocycles. The summed E-state index contributed by atoms with van der Waals surface area (Å²) in [6, 6.07) is 0. The van der Waals surface area contributed by atoms with E-state index in [0.29, 0.717) is 0 Å². The van der Waals surface area contributed by atoms with Gasteiger partial charge in [0.15, 0.2) is 0 Å². The molecule has 5 nitrogen and oxygen atoms in total. The van der Waals surface area contributed by atoms with Crippen molar-refractivity contribution in [2.45, 2.75) is 6.92 Å². The van der Waals surface area contributed by atoms with Crippen LogP contribution in [0.25, 0.3) is 0 Å². The zero-order chi connectivity index (χ0) is 7.82. The zero-order valence-corrected chi connectivity index (χ0v) is 5.53. The van der Waals surface area contributed by atoms with Crippen molar-refractivity contribution in [3.8, 4) is 0 Å². The van der Waals surface area contributed by atoms with Gasteiger partial charge in [0.1, 0.15) is 0 Å². The molecule has 0 aliphatic carbocycles. The average molecular weight is 148 g/mol. The van der Waals surface area contributed by atoms with Gasteiger partial charge in [-0.15, -0.1) is 0 Å². The van der Waals surface area contributed by atoms with E-state index in [1.807, 2.05) is 0 Å². The summed E-state index contributed by atoms with van der Waals surface area (Å²) in [4.78, 5) is 19.8. The molecule has 0 rings (SSSR count). The van der Waals surface area contributed by atoms with Crippen LogP contribution in [0.1, 0.15) is 6.92 Å². The van der Waals surface area contributed by atoms with Crippen LogP contribution in [0.3, 0.4) is 0 Å². The highest BCUT2D eigenvalue weighted by Gasteiger charge is 1.99. The van der Waals surface area contributed by atoms with Crippen molar-refractivity contribution in [1.29, 1.82) is 0 Å². The Balaban J connectivity index is 3.13. The van der Waals surface area contributed by atoms with Gasteiger partial charge in [-0.1, -0.05) is 0 Å². The third kappa shape index (κ3) is 4.89. The molecule has 58 valence electrons. The van der Waals surface area contributed by atoms with Crippen LogP contribution in [-0.4, -0.2) is 26.0 Å². The Labute approximate surface area is 57.9 Å². The quantitative estimate of drug-likeness (QED) is 0.248. The summed E-state index contributed by atoms with van der Waals surface area (Å²) in [6.45, 7) is 1.66. The van der Waals surface area contributed by atoms with E-state index in [9.17, 15) is 9.59 Å². The Morgan fingerprint density at radius 3 is 2.70 bits per heavy atom. The van der Waals surface area contributed by atoms with Crippen molar-refractivity contribution in [1.82, 2.24) is 0 Å². The Morgan fingerprint density at radius 2 is 2.20 bits per heavy atom. The molecule has 0 aromatic rings. The van der Waals surface area contributed by atoms with Gasteiger partial charge in [0, 0.05) is 0 Å². The fraction of sp³-hybridized carbons (Fsp3) is 0.600. The number of ether oxygens (including phenoxy) is 3. The summed E-state index contributed by atoms with van der Waals surface area (Å²) in [5, 5.41) is 0. The second kappa shape index (κ2) is 5.87. The lowest BCUT2D eigenvalue weighted by atomic mass is 10.9. The number of hydrogen-bond donors (Lipinski definition) is 0. The van der Waals surface area contributed by atoms with E-state index >= 15 is 0 Å². The molecule has 0 aliphatic rings. The first-order chi connectivity index (χ1) is 4.81. The van der Waals surface area contributed by atoms with Crippen molar-refractivity contribution >= 4 is 12.6 Å². The monoisotopic (exact) mass is 148 g/mol. The van der Waals surface area contributed by atoms with E-state index in [4.69, 9.17) is 0 Å².